The van der Waals surface area contributed by atoms with Crippen molar-refractivity contribution in [3.8, 4) is 35.1 Å². The molecule has 0 unspecified atom stereocenters. The van der Waals surface area contributed by atoms with Crippen molar-refractivity contribution in [1.29, 1.82) is 10.5 Å². The lowest BCUT2D eigenvalue weighted by atomic mass is 9.92. The molecule has 0 aliphatic heterocycles. The van der Waals surface area contributed by atoms with Gasteiger partial charge in [-0.3, -0.25) is 28.9 Å². The third-order valence-electron chi connectivity index (χ3n) is 12.4. The number of ether oxygens (including phenoxy) is 2. The lowest BCUT2D eigenvalue weighted by Gasteiger charge is -2.19. The monoisotopic (exact) mass is 1030 g/mol. The molecule has 0 aromatic carbocycles. The van der Waals surface area contributed by atoms with E-state index >= 15 is 0 Å². The lowest BCUT2D eigenvalue weighted by Crippen LogP contribution is -2.18. The Kier molecular flexibility index (Phi) is 15.9. The zero-order valence-electron chi connectivity index (χ0n) is 43.5. The minimum Gasteiger partial charge on any atom is -0.456 e. The van der Waals surface area contributed by atoms with Crippen molar-refractivity contribution >= 4 is 63.1 Å². The number of ketones is 2. The summed E-state index contributed by atoms with van der Waals surface area (Å²) < 4.78 is 19.2. The van der Waals surface area contributed by atoms with Crippen molar-refractivity contribution < 1.29 is 19.1 Å². The van der Waals surface area contributed by atoms with Crippen LogP contribution in [0.25, 0.3) is 22.3 Å². The van der Waals surface area contributed by atoms with E-state index in [-0.39, 0.29) is 34.2 Å². The zero-order valence-corrected chi connectivity index (χ0v) is 44.3. The molecule has 3 N–H and O–H groups in total. The summed E-state index contributed by atoms with van der Waals surface area (Å²) >= 11 is 6.00. The van der Waals surface area contributed by atoms with Gasteiger partial charge in [-0.1, -0.05) is 41.5 Å². The van der Waals surface area contributed by atoms with E-state index in [4.69, 9.17) is 37.3 Å². The number of halogens is 1. The molecule has 8 aromatic heterocycles. The predicted octanol–water partition coefficient (Wildman–Crippen LogP) is 9.84. The van der Waals surface area contributed by atoms with E-state index in [2.05, 4.69) is 99.1 Å². The van der Waals surface area contributed by atoms with Gasteiger partial charge in [0.05, 0.1) is 72.9 Å². The predicted molar refractivity (Wildman–Crippen MR) is 284 cm³/mol. The number of nitrogens with one attached hydrogen (secondary N) is 1. The highest BCUT2D eigenvalue weighted by atomic mass is 35.5. The van der Waals surface area contributed by atoms with Crippen molar-refractivity contribution in [2.24, 2.45) is 25.9 Å². The molecular formula is C54H61ClN16O4. The van der Waals surface area contributed by atoms with E-state index in [1.807, 2.05) is 52.3 Å². The number of rotatable bonds is 16. The number of aryl methyl sites for hydroxylation is 4. The molecule has 0 amide bonds. The molecule has 0 radical (unpaired) electrons. The number of anilines is 3. The van der Waals surface area contributed by atoms with Crippen LogP contribution in [0, 0.1) is 34.5 Å². The number of nitrogens with zero attached hydrogens (tertiary/aromatic N) is 14. The van der Waals surface area contributed by atoms with Crippen molar-refractivity contribution in [2.45, 2.75) is 117 Å². The maximum absolute atomic E-state index is 12.2. The number of hydrogen-bond acceptors (Lipinski definition) is 16. The molecule has 75 heavy (non-hydrogen) atoms. The smallest absolute Gasteiger partial charge is 0.210 e. The molecule has 21 heteroatoms. The largest absolute Gasteiger partial charge is 0.456 e. The molecule has 0 atom stereocenters. The fourth-order valence-electron chi connectivity index (χ4n) is 8.15. The van der Waals surface area contributed by atoms with E-state index in [0.29, 0.717) is 102 Å². The Hall–Kier alpha value is -8.23. The standard InChI is InChI=1S/C27H30N8O2.C17H15ClN4O2.C10H16N4/c1-27(2,3)23-15-24(33-35(23)11-5-9-28)31-26-32-25-21(34(26)4)14-20(16-30-25)37-19-8-10-29-18(12-19)13-22(36)17-6-7-17;1-22-14-8-13(9-20-16(14)21-17(22)18)24-12-4-5-19-11(6-12)7-15(23)10-2-3-10;1-10(2,3)8-7-9(12)13-14(8)6-4-5-11/h8,10,12,14-17H,5-7,11,13H2,1-4H3,(H,30,31,32,33);4-6,8-10H,2-3,7H2,1H3;7H,4,6H2,1-3H3,(H2,12,13). The number of aromatic nitrogens is 12. The minimum atomic E-state index is -0.124. The highest BCUT2D eigenvalue weighted by Gasteiger charge is 2.30. The fourth-order valence-corrected chi connectivity index (χ4v) is 8.32. The van der Waals surface area contributed by atoms with Gasteiger partial charge in [-0.05, 0) is 49.4 Å². The van der Waals surface area contributed by atoms with Gasteiger partial charge in [-0.2, -0.15) is 30.7 Å². The summed E-state index contributed by atoms with van der Waals surface area (Å²) in [6.45, 7) is 13.8. The van der Waals surface area contributed by atoms with Crippen LogP contribution < -0.4 is 20.5 Å². The van der Waals surface area contributed by atoms with E-state index in [1.54, 1.807) is 53.6 Å². The van der Waals surface area contributed by atoms with Crippen molar-refractivity contribution in [3.63, 3.8) is 0 Å². The van der Waals surface area contributed by atoms with E-state index in [0.717, 1.165) is 53.8 Å². The molecule has 388 valence electrons. The van der Waals surface area contributed by atoms with Crippen molar-refractivity contribution in [3.05, 3.63) is 101 Å². The topological polar surface area (TPSA) is 261 Å². The first kappa shape index (κ1) is 53.1. The molecule has 2 aliphatic carbocycles. The van der Waals surface area contributed by atoms with Gasteiger partial charge in [0.25, 0.3) is 0 Å². The molecule has 2 fully saturated rings. The Morgan fingerprint density at radius 1 is 0.680 bits per heavy atom. The Labute approximate surface area is 439 Å². The van der Waals surface area contributed by atoms with Crippen LogP contribution in [0.5, 0.6) is 23.0 Å². The summed E-state index contributed by atoms with van der Waals surface area (Å²) in [6, 6.07) is 19.0. The van der Waals surface area contributed by atoms with Crippen molar-refractivity contribution in [1.82, 2.24) is 58.6 Å². The van der Waals surface area contributed by atoms with Crippen molar-refractivity contribution in [2.75, 3.05) is 11.1 Å². The summed E-state index contributed by atoms with van der Waals surface area (Å²) in [5.41, 5.74) is 11.8. The molecule has 0 spiro atoms. The van der Waals surface area contributed by atoms with Crippen LogP contribution >= 0.6 is 11.6 Å². The molecule has 0 bridgehead atoms. The van der Waals surface area contributed by atoms with Gasteiger partial charge in [0, 0.05) is 110 Å². The van der Waals surface area contributed by atoms with Gasteiger partial charge in [0.1, 0.15) is 40.4 Å². The van der Waals surface area contributed by atoms with Crippen LogP contribution in [0.15, 0.2) is 73.3 Å². The van der Waals surface area contributed by atoms with Crippen LogP contribution in [-0.2, 0) is 60.4 Å². The Morgan fingerprint density at radius 2 is 1.16 bits per heavy atom. The van der Waals surface area contributed by atoms with Crippen LogP contribution in [0.4, 0.5) is 17.6 Å². The maximum atomic E-state index is 12.2. The second-order valence-corrected chi connectivity index (χ2v) is 21.1. The molecule has 10 rings (SSSR count). The van der Waals surface area contributed by atoms with Gasteiger partial charge in [0.15, 0.2) is 17.1 Å². The SMILES string of the molecule is CC(C)(C)c1cc(N)nn1CCC#N.Cn1c(Cl)nc2ncc(Oc3ccnc(CC(=O)C4CC4)c3)cc21.Cn1c(Nc2cc(C(C)(C)C)n(CCC#N)n2)nc2ncc(Oc3ccnc(CC(=O)C4CC4)c3)cc21. The van der Waals surface area contributed by atoms with Crippen LogP contribution in [-0.4, -0.2) is 70.2 Å². The maximum Gasteiger partial charge on any atom is 0.210 e. The summed E-state index contributed by atoms with van der Waals surface area (Å²) in [4.78, 5) is 50.1. The Morgan fingerprint density at radius 3 is 1.65 bits per heavy atom. The molecule has 2 aliphatic rings. The number of nitrogen functional groups attached to an aromatic ring is 1. The number of pyridine rings is 4. The average molecular weight is 1030 g/mol. The van der Waals surface area contributed by atoms with Crippen LogP contribution in [0.3, 0.4) is 0 Å². The Bertz CT molecular complexity index is 3450. The summed E-state index contributed by atoms with van der Waals surface area (Å²) in [7, 11) is 3.71. The minimum absolute atomic E-state index is 0.0140. The Balaban J connectivity index is 0.000000167. The fraction of sp³-hybridized carbons (Fsp3) is 0.407. The van der Waals surface area contributed by atoms with Crippen LogP contribution in [0.1, 0.15) is 103 Å². The molecule has 8 aromatic rings. The van der Waals surface area contributed by atoms with E-state index in [9.17, 15) is 9.59 Å². The summed E-state index contributed by atoms with van der Waals surface area (Å²) in [5, 5.41) is 30.0. The van der Waals surface area contributed by atoms with Crippen LogP contribution in [0.2, 0.25) is 5.28 Å². The average Bonchev–Trinajstić information content (AvgIpc) is 4.29. The van der Waals surface area contributed by atoms with Gasteiger partial charge < -0.3 is 29.7 Å². The number of hydrogen-bond donors (Lipinski definition) is 2. The second kappa shape index (κ2) is 22.5. The summed E-state index contributed by atoms with van der Waals surface area (Å²) in [5.74, 6) is 5.07. The first-order chi connectivity index (χ1) is 35.8. The molecule has 8 heterocycles. The number of nitriles is 2. The number of nitrogens with two attached hydrogens (primary N) is 1. The van der Waals surface area contributed by atoms with E-state index in [1.165, 1.54) is 0 Å². The normalized spacial score (nSPS) is 13.3. The molecule has 20 nitrogen and oxygen atoms in total. The van der Waals surface area contributed by atoms with Gasteiger partial charge in [-0.25, -0.2) is 9.97 Å². The van der Waals surface area contributed by atoms with E-state index < -0.39 is 0 Å². The third-order valence-corrected chi connectivity index (χ3v) is 12.8. The number of carbonyl (C=O) groups excluding carboxylic acids is 2. The number of fused-ring (bicyclic) bond motifs is 2. The molecule has 2 saturated carbocycles. The number of imidazole rings is 2. The van der Waals surface area contributed by atoms with Gasteiger partial charge in [-0.15, -0.1) is 0 Å². The molecule has 0 saturated heterocycles. The number of carbonyl (C=O) groups is 2. The zero-order chi connectivity index (χ0) is 53.6. The first-order valence-electron chi connectivity index (χ1n) is 24.8. The van der Waals surface area contributed by atoms with Gasteiger partial charge in [0.2, 0.25) is 11.2 Å². The first-order valence-corrected chi connectivity index (χ1v) is 25.2. The lowest BCUT2D eigenvalue weighted by molar-refractivity contribution is -0.120. The second-order valence-electron chi connectivity index (χ2n) is 20.7. The quantitative estimate of drug-likeness (QED) is 0.0912. The molecular weight excluding hydrogens is 972 g/mol. The highest BCUT2D eigenvalue weighted by Crippen LogP contribution is 2.34. The third kappa shape index (κ3) is 13.7. The number of Topliss-reactive ketones (excluding diaryl/α,β-unsaturated/α-hetero) is 2. The van der Waals surface area contributed by atoms with Gasteiger partial charge >= 0.3 is 0 Å². The summed E-state index contributed by atoms with van der Waals surface area (Å²) in [6.07, 6.45) is 12.1. The highest BCUT2D eigenvalue weighted by molar-refractivity contribution is 6.29.